The highest BCUT2D eigenvalue weighted by molar-refractivity contribution is 7.89. The number of hydrogen-bond donors (Lipinski definition) is 1. The van der Waals surface area contributed by atoms with Crippen LogP contribution in [0.4, 0.5) is 0 Å². The molecule has 0 saturated carbocycles. The van der Waals surface area contributed by atoms with Crippen LogP contribution in [0, 0.1) is 26.7 Å². The number of nitrogens with zero attached hydrogens (tertiary/aromatic N) is 1. The van der Waals surface area contributed by atoms with Crippen molar-refractivity contribution in [2.45, 2.75) is 51.5 Å². The Morgan fingerprint density at radius 1 is 1.06 bits per heavy atom. The molecule has 1 fully saturated rings. The van der Waals surface area contributed by atoms with Crippen LogP contribution in [0.2, 0.25) is 0 Å². The molecule has 33 heavy (non-hydrogen) atoms. The third-order valence-corrected chi connectivity index (χ3v) is 8.34. The lowest BCUT2D eigenvalue weighted by Crippen LogP contribution is -2.45. The number of benzene rings is 2. The van der Waals surface area contributed by atoms with E-state index in [1.165, 1.54) is 35.7 Å². The zero-order valence-electron chi connectivity index (χ0n) is 20.3. The highest BCUT2D eigenvalue weighted by Crippen LogP contribution is 2.33. The van der Waals surface area contributed by atoms with Gasteiger partial charge in [-0.3, -0.25) is 4.79 Å². The first-order valence-corrected chi connectivity index (χ1v) is 12.6. The maximum Gasteiger partial charge on any atom is 0.246 e. The fourth-order valence-electron chi connectivity index (χ4n) is 4.36. The van der Waals surface area contributed by atoms with Gasteiger partial charge in [0.15, 0.2) is 0 Å². The fraction of sp³-hybridized carbons (Fsp3) is 0.480. The van der Waals surface area contributed by atoms with Crippen molar-refractivity contribution < 1.29 is 22.7 Å². The number of sulfonamides is 1. The zero-order chi connectivity index (χ0) is 24.3. The van der Waals surface area contributed by atoms with Crippen molar-refractivity contribution in [2.75, 3.05) is 27.3 Å². The van der Waals surface area contributed by atoms with Crippen molar-refractivity contribution in [3.8, 4) is 11.5 Å². The monoisotopic (exact) mass is 474 g/mol. The first-order valence-electron chi connectivity index (χ1n) is 11.2. The molecule has 0 bridgehead atoms. The molecule has 2 aromatic carbocycles. The van der Waals surface area contributed by atoms with E-state index in [0.717, 1.165) is 11.1 Å². The molecule has 0 radical (unpaired) electrons. The predicted molar refractivity (Wildman–Crippen MR) is 128 cm³/mol. The molecule has 1 aliphatic rings. The van der Waals surface area contributed by atoms with Crippen LogP contribution in [0.5, 0.6) is 11.5 Å². The van der Waals surface area contributed by atoms with Crippen molar-refractivity contribution in [3.63, 3.8) is 0 Å². The smallest absolute Gasteiger partial charge is 0.246 e. The van der Waals surface area contributed by atoms with Crippen molar-refractivity contribution in [1.29, 1.82) is 0 Å². The van der Waals surface area contributed by atoms with E-state index < -0.39 is 15.9 Å². The van der Waals surface area contributed by atoms with Crippen LogP contribution in [-0.4, -0.2) is 45.9 Å². The zero-order valence-corrected chi connectivity index (χ0v) is 21.1. The average Bonchev–Trinajstić information content (AvgIpc) is 2.80. The molecule has 1 N–H and O–H groups in total. The van der Waals surface area contributed by atoms with Crippen LogP contribution in [0.25, 0.3) is 0 Å². The fourth-order valence-corrected chi connectivity index (χ4v) is 6.05. The van der Waals surface area contributed by atoms with Gasteiger partial charge in [-0.25, -0.2) is 8.42 Å². The summed E-state index contributed by atoms with van der Waals surface area (Å²) in [4.78, 5) is 13.1. The van der Waals surface area contributed by atoms with Crippen LogP contribution < -0.4 is 14.8 Å². The van der Waals surface area contributed by atoms with Crippen molar-refractivity contribution in [2.24, 2.45) is 5.92 Å². The standard InChI is InChI=1S/C25H34N2O5S/c1-16-12-18(3)22(13-17(16)2)19(4)26-25(28)20-8-7-11-27(15-20)33(29,30)24-14-21(31-5)9-10-23(24)32-6/h9-10,12-14,19-20H,7-8,11,15H2,1-6H3,(H,26,28)/t19-,20+/m1/s1. The number of carbonyl (C=O) groups excluding carboxylic acids is 1. The Balaban J connectivity index is 1.77. The lowest BCUT2D eigenvalue weighted by atomic mass is 9.95. The van der Waals surface area contributed by atoms with E-state index in [0.29, 0.717) is 25.1 Å². The summed E-state index contributed by atoms with van der Waals surface area (Å²) >= 11 is 0. The number of aryl methyl sites for hydroxylation is 3. The molecule has 0 unspecified atom stereocenters. The van der Waals surface area contributed by atoms with E-state index in [9.17, 15) is 13.2 Å². The number of rotatable bonds is 7. The summed E-state index contributed by atoms with van der Waals surface area (Å²) in [5.74, 6) is 0.136. The molecule has 1 saturated heterocycles. The van der Waals surface area contributed by atoms with Gasteiger partial charge in [-0.05, 0) is 74.9 Å². The van der Waals surface area contributed by atoms with E-state index in [1.54, 1.807) is 12.1 Å². The van der Waals surface area contributed by atoms with Crippen molar-refractivity contribution >= 4 is 15.9 Å². The number of nitrogens with one attached hydrogen (secondary N) is 1. The first kappa shape index (κ1) is 25.1. The predicted octanol–water partition coefficient (Wildman–Crippen LogP) is 3.91. The highest BCUT2D eigenvalue weighted by Gasteiger charge is 2.35. The second kappa shape index (κ2) is 10.1. The Morgan fingerprint density at radius 3 is 2.42 bits per heavy atom. The minimum Gasteiger partial charge on any atom is -0.497 e. The molecular formula is C25H34N2O5S. The maximum absolute atomic E-state index is 13.4. The van der Waals surface area contributed by atoms with E-state index in [4.69, 9.17) is 9.47 Å². The summed E-state index contributed by atoms with van der Waals surface area (Å²) in [5, 5.41) is 3.10. The van der Waals surface area contributed by atoms with Gasteiger partial charge in [0.25, 0.3) is 0 Å². The average molecular weight is 475 g/mol. The Kier molecular flexibility index (Phi) is 7.69. The topological polar surface area (TPSA) is 84.9 Å². The minimum absolute atomic E-state index is 0.0459. The van der Waals surface area contributed by atoms with Crippen LogP contribution in [0.1, 0.15) is 48.1 Å². The number of piperidine rings is 1. The van der Waals surface area contributed by atoms with E-state index in [1.807, 2.05) is 13.8 Å². The third kappa shape index (κ3) is 5.33. The summed E-state index contributed by atoms with van der Waals surface area (Å²) in [5.41, 5.74) is 4.60. The van der Waals surface area contributed by atoms with Gasteiger partial charge in [-0.2, -0.15) is 4.31 Å². The lowest BCUT2D eigenvalue weighted by Gasteiger charge is -2.32. The third-order valence-electron chi connectivity index (χ3n) is 6.45. The summed E-state index contributed by atoms with van der Waals surface area (Å²) in [7, 11) is -0.935. The molecule has 0 spiro atoms. The lowest BCUT2D eigenvalue weighted by molar-refractivity contribution is -0.126. The molecule has 7 nitrogen and oxygen atoms in total. The molecule has 3 rings (SSSR count). The van der Waals surface area contributed by atoms with Gasteiger partial charge in [0.1, 0.15) is 16.4 Å². The summed E-state index contributed by atoms with van der Waals surface area (Å²) in [6, 6.07) is 8.77. The van der Waals surface area contributed by atoms with Gasteiger partial charge >= 0.3 is 0 Å². The molecule has 8 heteroatoms. The summed E-state index contributed by atoms with van der Waals surface area (Å²) < 4.78 is 38.7. The normalized spacial score (nSPS) is 17.9. The molecule has 2 atom stereocenters. The van der Waals surface area contributed by atoms with Gasteiger partial charge in [0.05, 0.1) is 26.2 Å². The Labute approximate surface area is 197 Å². The van der Waals surface area contributed by atoms with Crippen LogP contribution in [0.15, 0.2) is 35.2 Å². The second-order valence-corrected chi connectivity index (χ2v) is 10.6. The molecule has 1 aliphatic heterocycles. The minimum atomic E-state index is -3.85. The van der Waals surface area contributed by atoms with E-state index in [2.05, 4.69) is 31.3 Å². The Hall–Kier alpha value is -2.58. The molecule has 1 amide bonds. The quantitative estimate of drug-likeness (QED) is 0.658. The number of hydrogen-bond acceptors (Lipinski definition) is 5. The van der Waals surface area contributed by atoms with Crippen LogP contribution in [-0.2, 0) is 14.8 Å². The number of methoxy groups -OCH3 is 2. The molecule has 180 valence electrons. The first-order chi connectivity index (χ1) is 15.6. The molecule has 0 aliphatic carbocycles. The molecular weight excluding hydrogens is 440 g/mol. The van der Waals surface area contributed by atoms with Gasteiger partial charge in [0.2, 0.25) is 15.9 Å². The van der Waals surface area contributed by atoms with Gasteiger partial charge < -0.3 is 14.8 Å². The largest absolute Gasteiger partial charge is 0.497 e. The molecule has 1 heterocycles. The summed E-state index contributed by atoms with van der Waals surface area (Å²) in [6.07, 6.45) is 1.26. The second-order valence-electron chi connectivity index (χ2n) is 8.74. The van der Waals surface area contributed by atoms with Crippen molar-refractivity contribution in [3.05, 3.63) is 52.6 Å². The maximum atomic E-state index is 13.4. The summed E-state index contributed by atoms with van der Waals surface area (Å²) in [6.45, 7) is 8.63. The Morgan fingerprint density at radius 2 is 1.76 bits per heavy atom. The van der Waals surface area contributed by atoms with Crippen LogP contribution >= 0.6 is 0 Å². The Bertz CT molecular complexity index is 1130. The number of carbonyl (C=O) groups is 1. The SMILES string of the molecule is COc1ccc(OC)c(S(=O)(=O)N2CCC[C@H](C(=O)N[C@H](C)c3cc(C)c(C)cc3C)C2)c1. The van der Waals surface area contributed by atoms with E-state index in [-0.39, 0.29) is 29.1 Å². The van der Waals surface area contributed by atoms with E-state index >= 15 is 0 Å². The number of ether oxygens (including phenoxy) is 2. The van der Waals surface area contributed by atoms with Gasteiger partial charge in [-0.1, -0.05) is 12.1 Å². The molecule has 2 aromatic rings. The van der Waals surface area contributed by atoms with Gasteiger partial charge in [-0.15, -0.1) is 0 Å². The highest BCUT2D eigenvalue weighted by atomic mass is 32.2. The van der Waals surface area contributed by atoms with Gasteiger partial charge in [0, 0.05) is 19.2 Å². The van der Waals surface area contributed by atoms with Crippen LogP contribution in [0.3, 0.4) is 0 Å². The number of amides is 1. The molecule has 0 aromatic heterocycles. The van der Waals surface area contributed by atoms with Crippen molar-refractivity contribution in [1.82, 2.24) is 9.62 Å².